The molecule has 1 aromatic heterocycles. The number of rotatable bonds is 13. The molecule has 1 aliphatic heterocycles. The number of aromatic nitrogens is 2. The van der Waals surface area contributed by atoms with Gasteiger partial charge in [0.05, 0.1) is 25.3 Å². The van der Waals surface area contributed by atoms with Crippen LogP contribution in [0.3, 0.4) is 0 Å². The van der Waals surface area contributed by atoms with Crippen molar-refractivity contribution in [1.29, 1.82) is 0 Å². The molecule has 12 nitrogen and oxygen atoms in total. The molecule has 42 heavy (non-hydrogen) atoms. The van der Waals surface area contributed by atoms with Crippen LogP contribution in [0.15, 0.2) is 18.2 Å². The molecule has 2 aromatic rings. The number of carbonyl (C=O) groups is 3. The number of carboxylic acid groups (broad SMARTS) is 1. The van der Waals surface area contributed by atoms with Crippen LogP contribution in [0.4, 0.5) is 4.79 Å². The Morgan fingerprint density at radius 3 is 2.57 bits per heavy atom. The molecule has 1 amide bonds. The first-order valence-corrected chi connectivity index (χ1v) is 14.5. The van der Waals surface area contributed by atoms with Gasteiger partial charge in [-0.1, -0.05) is 33.6 Å². The van der Waals surface area contributed by atoms with Crippen molar-refractivity contribution >= 4 is 29.1 Å². The van der Waals surface area contributed by atoms with Gasteiger partial charge in [0.2, 0.25) is 5.88 Å². The second kappa shape index (κ2) is 13.5. The molecule has 1 aliphatic carbocycles. The molecule has 2 heterocycles. The number of benzene rings is 1. The summed E-state index contributed by atoms with van der Waals surface area (Å²) in [5, 5.41) is 15.0. The molecular weight excluding hydrogens is 544 g/mol. The van der Waals surface area contributed by atoms with E-state index in [2.05, 4.69) is 10.6 Å². The Morgan fingerprint density at radius 2 is 1.88 bits per heavy atom. The molecule has 3 N–H and O–H groups in total. The van der Waals surface area contributed by atoms with Crippen LogP contribution < -0.4 is 20.1 Å². The number of methoxy groups -OCH3 is 2. The number of amides is 1. The number of unbranched alkanes of at least 4 members (excludes halogenated alkanes) is 2. The van der Waals surface area contributed by atoms with E-state index >= 15 is 0 Å². The van der Waals surface area contributed by atoms with Gasteiger partial charge in [-0.2, -0.15) is 0 Å². The van der Waals surface area contributed by atoms with Crippen molar-refractivity contribution in [2.75, 3.05) is 20.8 Å². The normalized spacial score (nSPS) is 22.3. The first kappa shape index (κ1) is 31.3. The third kappa shape index (κ3) is 8.21. The number of nitrogens with zero attached hydrogens (tertiary/aromatic N) is 2. The minimum Gasteiger partial charge on any atom is -0.497 e. The number of fused-ring (bicyclic) bond motifs is 1. The van der Waals surface area contributed by atoms with Gasteiger partial charge in [-0.25, -0.2) is 19.6 Å². The maximum Gasteiger partial charge on any atom is 0.408 e. The largest absolute Gasteiger partial charge is 0.497 e. The predicted octanol–water partition coefficient (Wildman–Crippen LogP) is 3.64. The smallest absolute Gasteiger partial charge is 0.408 e. The zero-order valence-corrected chi connectivity index (χ0v) is 25.0. The minimum atomic E-state index is -1.08. The van der Waals surface area contributed by atoms with E-state index in [0.717, 1.165) is 43.3 Å². The number of hydrogen-bond acceptors (Lipinski definition) is 10. The van der Waals surface area contributed by atoms with Crippen LogP contribution in [0.25, 0.3) is 11.0 Å². The van der Waals surface area contributed by atoms with Crippen LogP contribution in [0.2, 0.25) is 0 Å². The van der Waals surface area contributed by atoms with E-state index in [4.69, 9.17) is 28.9 Å². The van der Waals surface area contributed by atoms with Crippen molar-refractivity contribution in [1.82, 2.24) is 20.6 Å². The molecule has 2 aliphatic rings. The summed E-state index contributed by atoms with van der Waals surface area (Å²) >= 11 is 0. The highest BCUT2D eigenvalue weighted by molar-refractivity contribution is 5.81. The monoisotopic (exact) mass is 586 g/mol. The van der Waals surface area contributed by atoms with Crippen LogP contribution in [-0.2, 0) is 25.5 Å². The third-order valence-electron chi connectivity index (χ3n) is 7.74. The highest BCUT2D eigenvalue weighted by Crippen LogP contribution is 2.38. The summed E-state index contributed by atoms with van der Waals surface area (Å²) in [7, 11) is 2.97. The molecule has 1 saturated heterocycles. The zero-order valence-electron chi connectivity index (χ0n) is 25.0. The van der Waals surface area contributed by atoms with Crippen LogP contribution >= 0.6 is 0 Å². The summed E-state index contributed by atoms with van der Waals surface area (Å²) in [5.41, 5.74) is 1.57. The van der Waals surface area contributed by atoms with Crippen molar-refractivity contribution in [3.05, 3.63) is 23.9 Å². The van der Waals surface area contributed by atoms with Crippen LogP contribution in [0.1, 0.15) is 65.0 Å². The second-order valence-electron chi connectivity index (χ2n) is 12.1. The maximum atomic E-state index is 12.2. The summed E-state index contributed by atoms with van der Waals surface area (Å²) in [6.45, 7) is 5.78. The number of aliphatic carboxylic acids is 1. The molecule has 1 aromatic carbocycles. The minimum absolute atomic E-state index is 0.170. The lowest BCUT2D eigenvalue weighted by molar-refractivity contribution is -0.143. The number of hydrogen-bond donors (Lipinski definition) is 3. The zero-order chi connectivity index (χ0) is 30.4. The summed E-state index contributed by atoms with van der Waals surface area (Å²) in [5.74, 6) is 0.0419. The van der Waals surface area contributed by atoms with E-state index in [-0.39, 0.29) is 18.2 Å². The van der Waals surface area contributed by atoms with E-state index in [0.29, 0.717) is 42.5 Å². The fraction of sp³-hybridized carbons (Fsp3) is 0.633. The number of esters is 1. The quantitative estimate of drug-likeness (QED) is 0.232. The van der Waals surface area contributed by atoms with Gasteiger partial charge in [-0.15, -0.1) is 0 Å². The molecule has 230 valence electrons. The Bertz CT molecular complexity index is 1280. The third-order valence-corrected chi connectivity index (χ3v) is 7.74. The van der Waals surface area contributed by atoms with Crippen LogP contribution in [-0.4, -0.2) is 78.2 Å². The Hall–Kier alpha value is -3.67. The highest BCUT2D eigenvalue weighted by Gasteiger charge is 2.41. The van der Waals surface area contributed by atoms with E-state index in [9.17, 15) is 19.5 Å². The van der Waals surface area contributed by atoms with Gasteiger partial charge in [0.25, 0.3) is 0 Å². The lowest BCUT2D eigenvalue weighted by Crippen LogP contribution is -2.49. The summed E-state index contributed by atoms with van der Waals surface area (Å²) in [4.78, 5) is 45.2. The van der Waals surface area contributed by atoms with Gasteiger partial charge in [0.1, 0.15) is 35.7 Å². The average molecular weight is 587 g/mol. The molecule has 0 radical (unpaired) electrons. The summed E-state index contributed by atoms with van der Waals surface area (Å²) < 4.78 is 21.9. The van der Waals surface area contributed by atoms with Gasteiger partial charge in [-0.3, -0.25) is 4.79 Å². The predicted molar refractivity (Wildman–Crippen MR) is 153 cm³/mol. The number of carboxylic acids is 1. The molecule has 5 unspecified atom stereocenters. The van der Waals surface area contributed by atoms with Crippen molar-refractivity contribution < 1.29 is 38.4 Å². The number of ether oxygens (including phenoxy) is 4. The maximum absolute atomic E-state index is 12.2. The van der Waals surface area contributed by atoms with Crippen LogP contribution in [0.5, 0.6) is 11.6 Å². The van der Waals surface area contributed by atoms with Gasteiger partial charge in [0.15, 0.2) is 0 Å². The number of carbonyl (C=O) groups excluding carboxylic acids is 2. The Morgan fingerprint density at radius 1 is 1.10 bits per heavy atom. The Labute approximate surface area is 245 Å². The van der Waals surface area contributed by atoms with Gasteiger partial charge >= 0.3 is 18.0 Å². The summed E-state index contributed by atoms with van der Waals surface area (Å²) in [6, 6.07) is 4.12. The number of aryl methyl sites for hydroxylation is 1. The van der Waals surface area contributed by atoms with E-state index in [1.54, 1.807) is 27.9 Å². The topological polar surface area (TPSA) is 158 Å². The molecule has 12 heteroatoms. The van der Waals surface area contributed by atoms with Crippen molar-refractivity contribution in [3.8, 4) is 11.6 Å². The van der Waals surface area contributed by atoms with Crippen molar-refractivity contribution in [2.45, 2.75) is 90.0 Å². The second-order valence-corrected chi connectivity index (χ2v) is 12.1. The number of nitrogens with one attached hydrogen (secondary N) is 2. The molecule has 5 atom stereocenters. The summed E-state index contributed by atoms with van der Waals surface area (Å²) in [6.07, 6.45) is 4.60. The number of alkyl carbamates (subject to hydrolysis) is 1. The molecule has 1 saturated carbocycles. The highest BCUT2D eigenvalue weighted by atomic mass is 16.6. The van der Waals surface area contributed by atoms with Gasteiger partial charge in [-0.05, 0) is 49.1 Å². The van der Waals surface area contributed by atoms with E-state index in [1.807, 2.05) is 18.2 Å². The van der Waals surface area contributed by atoms with Gasteiger partial charge in [0, 0.05) is 19.0 Å². The van der Waals surface area contributed by atoms with E-state index < -0.39 is 29.6 Å². The first-order valence-electron chi connectivity index (χ1n) is 14.5. The Kier molecular flexibility index (Phi) is 10.1. The fourth-order valence-corrected chi connectivity index (χ4v) is 5.19. The standard InChI is InChI=1S/C30H42N4O8/c1-30(2,3)25(27(35)36)34-29(38)42-24-13-17(24)9-7-6-8-10-21-26(41-19-15-23(31-16-19)28(37)40-5)33-22-14-18(39-4)11-12-20(22)32-21/h11-12,14,17,19,23-25,31H,6-10,13,15-16H2,1-5H3,(H,34,38)(H,35,36). The average Bonchev–Trinajstić information content (AvgIpc) is 3.50. The molecule has 4 rings (SSSR count). The molecule has 0 bridgehead atoms. The fourth-order valence-electron chi connectivity index (χ4n) is 5.19. The molecule has 0 spiro atoms. The molecule has 2 fully saturated rings. The molecular formula is C30H42N4O8. The first-order chi connectivity index (χ1) is 20.0. The lowest BCUT2D eigenvalue weighted by Gasteiger charge is -2.27. The Balaban J connectivity index is 1.27. The lowest BCUT2D eigenvalue weighted by atomic mass is 9.87. The van der Waals surface area contributed by atoms with Crippen molar-refractivity contribution in [2.24, 2.45) is 11.3 Å². The van der Waals surface area contributed by atoms with Crippen molar-refractivity contribution in [3.63, 3.8) is 0 Å². The van der Waals surface area contributed by atoms with Gasteiger partial charge < -0.3 is 34.7 Å². The SMILES string of the molecule is COC(=O)C1CC(Oc2nc3cc(OC)ccc3nc2CCCCCC2CC2OC(=O)NC(C(=O)O)C(C)(C)C)CN1. The van der Waals surface area contributed by atoms with E-state index in [1.165, 1.54) is 7.11 Å². The van der Waals surface area contributed by atoms with Crippen LogP contribution in [0, 0.1) is 11.3 Å².